The molecule has 168 valence electrons. The Kier molecular flexibility index (Phi) is 5.54. The van der Waals surface area contributed by atoms with Gasteiger partial charge in [0.1, 0.15) is 0 Å². The van der Waals surface area contributed by atoms with E-state index in [2.05, 4.69) is 5.32 Å². The van der Waals surface area contributed by atoms with Gasteiger partial charge in [-0.25, -0.2) is 0 Å². The van der Waals surface area contributed by atoms with Gasteiger partial charge in [0.15, 0.2) is 18.1 Å². The molecule has 7 nitrogen and oxygen atoms in total. The number of carbonyl (C=O) groups excluding carboxylic acids is 2. The monoisotopic (exact) mass is 428 g/mol. The van der Waals surface area contributed by atoms with E-state index < -0.39 is 0 Å². The van der Waals surface area contributed by atoms with Gasteiger partial charge in [-0.05, 0) is 68.4 Å². The SMILES string of the molecule is COc1cc(NC(=O)C23CC4CC(CC(C4)C2)C3)ccc1OCC(=O)N1CCOCC1. The molecular formula is C24H32N2O5. The third kappa shape index (κ3) is 4.12. The predicted octanol–water partition coefficient (Wildman–Crippen LogP) is 3.09. The summed E-state index contributed by atoms with van der Waals surface area (Å²) in [5.41, 5.74) is 0.520. The maximum Gasteiger partial charge on any atom is 0.260 e. The van der Waals surface area contributed by atoms with Crippen LogP contribution in [0, 0.1) is 23.2 Å². The summed E-state index contributed by atoms with van der Waals surface area (Å²) in [6, 6.07) is 5.38. The van der Waals surface area contributed by atoms with E-state index in [4.69, 9.17) is 14.2 Å². The number of nitrogens with zero attached hydrogens (tertiary/aromatic N) is 1. The topological polar surface area (TPSA) is 77.1 Å². The summed E-state index contributed by atoms with van der Waals surface area (Å²) in [6.07, 6.45) is 7.05. The summed E-state index contributed by atoms with van der Waals surface area (Å²) in [6.45, 7) is 2.26. The zero-order chi connectivity index (χ0) is 21.4. The highest BCUT2D eigenvalue weighted by Crippen LogP contribution is 2.60. The molecule has 4 saturated carbocycles. The van der Waals surface area contributed by atoms with Crippen molar-refractivity contribution in [1.29, 1.82) is 0 Å². The highest BCUT2D eigenvalue weighted by Gasteiger charge is 2.54. The highest BCUT2D eigenvalue weighted by atomic mass is 16.5. The summed E-state index contributed by atoms with van der Waals surface area (Å²) < 4.78 is 16.5. The third-order valence-corrected chi connectivity index (χ3v) is 7.66. The molecular weight excluding hydrogens is 396 g/mol. The van der Waals surface area contributed by atoms with Crippen LogP contribution in [-0.4, -0.2) is 56.7 Å². The van der Waals surface area contributed by atoms with Crippen LogP contribution in [0.15, 0.2) is 18.2 Å². The normalized spacial score (nSPS) is 31.4. The van der Waals surface area contributed by atoms with Gasteiger partial charge in [-0.2, -0.15) is 0 Å². The lowest BCUT2D eigenvalue weighted by Gasteiger charge is -2.55. The minimum absolute atomic E-state index is 0.0463. The molecule has 1 heterocycles. The number of nitrogens with one attached hydrogen (secondary N) is 1. The predicted molar refractivity (Wildman–Crippen MR) is 115 cm³/mol. The lowest BCUT2D eigenvalue weighted by atomic mass is 9.49. The van der Waals surface area contributed by atoms with Crippen LogP contribution in [0.5, 0.6) is 11.5 Å². The first-order valence-electron chi connectivity index (χ1n) is 11.5. The van der Waals surface area contributed by atoms with E-state index >= 15 is 0 Å². The van der Waals surface area contributed by atoms with Crippen molar-refractivity contribution < 1.29 is 23.8 Å². The molecule has 1 aliphatic heterocycles. The van der Waals surface area contributed by atoms with Crippen molar-refractivity contribution in [2.45, 2.75) is 38.5 Å². The van der Waals surface area contributed by atoms with Crippen molar-refractivity contribution in [2.24, 2.45) is 23.2 Å². The molecule has 1 saturated heterocycles. The van der Waals surface area contributed by atoms with Crippen LogP contribution in [0.2, 0.25) is 0 Å². The van der Waals surface area contributed by atoms with Gasteiger partial charge in [-0.1, -0.05) is 0 Å². The number of benzene rings is 1. The van der Waals surface area contributed by atoms with Crippen molar-refractivity contribution in [3.05, 3.63) is 18.2 Å². The van der Waals surface area contributed by atoms with E-state index in [0.717, 1.165) is 37.0 Å². The Balaban J connectivity index is 1.23. The number of hydrogen-bond acceptors (Lipinski definition) is 5. The van der Waals surface area contributed by atoms with E-state index in [9.17, 15) is 9.59 Å². The lowest BCUT2D eigenvalue weighted by Crippen LogP contribution is -2.51. The minimum Gasteiger partial charge on any atom is -0.493 e. The molecule has 2 amide bonds. The Labute approximate surface area is 183 Å². The van der Waals surface area contributed by atoms with Gasteiger partial charge in [0.25, 0.3) is 5.91 Å². The number of carbonyl (C=O) groups is 2. The van der Waals surface area contributed by atoms with Crippen LogP contribution < -0.4 is 14.8 Å². The average Bonchev–Trinajstić information content (AvgIpc) is 2.77. The largest absolute Gasteiger partial charge is 0.493 e. The van der Waals surface area contributed by atoms with Crippen LogP contribution in [0.25, 0.3) is 0 Å². The first-order chi connectivity index (χ1) is 15.0. The fraction of sp³-hybridized carbons (Fsp3) is 0.667. The van der Waals surface area contributed by atoms with Gasteiger partial charge in [-0.15, -0.1) is 0 Å². The summed E-state index contributed by atoms with van der Waals surface area (Å²) in [5, 5.41) is 3.15. The van der Waals surface area contributed by atoms with Gasteiger partial charge in [0.2, 0.25) is 5.91 Å². The smallest absolute Gasteiger partial charge is 0.260 e. The third-order valence-electron chi connectivity index (χ3n) is 7.66. The Bertz CT molecular complexity index is 813. The van der Waals surface area contributed by atoms with Crippen LogP contribution in [-0.2, 0) is 14.3 Å². The molecule has 7 heteroatoms. The van der Waals surface area contributed by atoms with E-state index in [0.29, 0.717) is 43.5 Å². The van der Waals surface area contributed by atoms with E-state index in [1.54, 1.807) is 24.1 Å². The van der Waals surface area contributed by atoms with Gasteiger partial charge in [0, 0.05) is 24.8 Å². The standard InChI is InChI=1S/C24H32N2O5/c1-29-21-11-19(2-3-20(21)31-15-22(27)26-4-6-30-7-5-26)25-23(28)24-12-16-8-17(13-24)10-18(9-16)14-24/h2-3,11,16-18H,4-10,12-15H2,1H3,(H,25,28). The molecule has 6 rings (SSSR count). The molecule has 0 aromatic heterocycles. The van der Waals surface area contributed by atoms with E-state index in [-0.39, 0.29) is 23.8 Å². The molecule has 5 fully saturated rings. The maximum atomic E-state index is 13.3. The van der Waals surface area contributed by atoms with Crippen molar-refractivity contribution >= 4 is 17.5 Å². The molecule has 4 bridgehead atoms. The second-order valence-corrected chi connectivity index (χ2v) is 9.80. The second kappa shape index (κ2) is 8.34. The number of methoxy groups -OCH3 is 1. The fourth-order valence-electron chi connectivity index (χ4n) is 6.56. The van der Waals surface area contributed by atoms with Crippen LogP contribution in [0.1, 0.15) is 38.5 Å². The highest BCUT2D eigenvalue weighted by molar-refractivity contribution is 5.96. The van der Waals surface area contributed by atoms with Crippen molar-refractivity contribution in [1.82, 2.24) is 4.90 Å². The Hall–Kier alpha value is -2.28. The van der Waals surface area contributed by atoms with Crippen molar-refractivity contribution in [3.8, 4) is 11.5 Å². The quantitative estimate of drug-likeness (QED) is 0.754. The van der Waals surface area contributed by atoms with Gasteiger partial charge >= 0.3 is 0 Å². The Morgan fingerprint density at radius 3 is 2.32 bits per heavy atom. The Morgan fingerprint density at radius 2 is 1.71 bits per heavy atom. The number of rotatable bonds is 6. The van der Waals surface area contributed by atoms with Crippen LogP contribution in [0.3, 0.4) is 0 Å². The molecule has 1 N–H and O–H groups in total. The van der Waals surface area contributed by atoms with Gasteiger partial charge < -0.3 is 24.4 Å². The number of morpholine rings is 1. The molecule has 0 unspecified atom stereocenters. The molecule has 5 aliphatic rings. The van der Waals surface area contributed by atoms with Crippen molar-refractivity contribution in [3.63, 3.8) is 0 Å². The summed E-state index contributed by atoms with van der Waals surface area (Å²) in [7, 11) is 1.57. The van der Waals surface area contributed by atoms with Gasteiger partial charge in [0.05, 0.1) is 25.7 Å². The molecule has 4 aliphatic carbocycles. The average molecular weight is 429 g/mol. The number of ether oxygens (including phenoxy) is 3. The minimum atomic E-state index is -0.193. The molecule has 0 atom stereocenters. The fourth-order valence-corrected chi connectivity index (χ4v) is 6.56. The molecule has 1 aromatic rings. The molecule has 0 radical (unpaired) electrons. The zero-order valence-electron chi connectivity index (χ0n) is 18.2. The number of anilines is 1. The molecule has 31 heavy (non-hydrogen) atoms. The number of amides is 2. The Morgan fingerprint density at radius 1 is 1.06 bits per heavy atom. The summed E-state index contributed by atoms with van der Waals surface area (Å²) >= 11 is 0. The van der Waals surface area contributed by atoms with E-state index in [1.807, 2.05) is 6.07 Å². The maximum absolute atomic E-state index is 13.3. The first kappa shape index (κ1) is 20.6. The van der Waals surface area contributed by atoms with Crippen molar-refractivity contribution in [2.75, 3.05) is 45.3 Å². The van der Waals surface area contributed by atoms with Gasteiger partial charge in [-0.3, -0.25) is 9.59 Å². The zero-order valence-corrected chi connectivity index (χ0v) is 18.2. The summed E-state index contributed by atoms with van der Waals surface area (Å²) in [4.78, 5) is 27.4. The summed E-state index contributed by atoms with van der Waals surface area (Å²) in [5.74, 6) is 3.29. The first-order valence-corrected chi connectivity index (χ1v) is 11.5. The molecule has 1 aromatic carbocycles. The number of hydrogen-bond donors (Lipinski definition) is 1. The second-order valence-electron chi connectivity index (χ2n) is 9.80. The van der Waals surface area contributed by atoms with E-state index in [1.165, 1.54) is 19.3 Å². The van der Waals surface area contributed by atoms with Crippen LogP contribution >= 0.6 is 0 Å². The molecule has 0 spiro atoms. The van der Waals surface area contributed by atoms with Crippen LogP contribution in [0.4, 0.5) is 5.69 Å². The lowest BCUT2D eigenvalue weighted by molar-refractivity contribution is -0.140.